The number of epoxide rings is 1. The minimum Gasteiger partial charge on any atom is -0.469 e. The smallest absolute Gasteiger partial charge is 0.366 e. The molecule has 54 heavy (non-hydrogen) atoms. The van der Waals surface area contributed by atoms with Gasteiger partial charge in [-0.2, -0.15) is 0 Å². The molecule has 0 unspecified atom stereocenters. The van der Waals surface area contributed by atoms with Gasteiger partial charge in [-0.25, -0.2) is 14.4 Å². The third-order valence-corrected chi connectivity index (χ3v) is 14.7. The summed E-state index contributed by atoms with van der Waals surface area (Å²) in [6.45, 7) is 10.4. The van der Waals surface area contributed by atoms with Gasteiger partial charge in [0.05, 0.1) is 44.9 Å². The number of carbonyl (C=O) groups excluding carboxylic acids is 3. The lowest BCUT2D eigenvalue weighted by atomic mass is 9.37. The summed E-state index contributed by atoms with van der Waals surface area (Å²) in [5, 5.41) is 37.6. The zero-order valence-electron chi connectivity index (χ0n) is 30.8. The van der Waals surface area contributed by atoms with Crippen LogP contribution < -0.4 is 0 Å². The normalized spacial score (nSPS) is 51.4. The van der Waals surface area contributed by atoms with Crippen LogP contribution in [0, 0.1) is 34.0 Å². The van der Waals surface area contributed by atoms with E-state index >= 15 is 0 Å². The number of benzene rings is 1. The molecule has 5 aliphatic heterocycles. The van der Waals surface area contributed by atoms with Gasteiger partial charge in [-0.3, -0.25) is 0 Å². The zero-order valence-corrected chi connectivity index (χ0v) is 30.8. The molecule has 5 heterocycles. The molecule has 3 N–H and O–H groups in total. The fourth-order valence-electron chi connectivity index (χ4n) is 12.6. The maximum Gasteiger partial charge on any atom is 0.366 e. The maximum absolute atomic E-state index is 14.0. The first-order chi connectivity index (χ1) is 25.5. The van der Waals surface area contributed by atoms with Gasteiger partial charge in [0.25, 0.3) is 5.79 Å². The third kappa shape index (κ3) is 4.07. The molecule has 3 saturated carbocycles. The Bertz CT molecular complexity index is 1880. The number of esters is 3. The summed E-state index contributed by atoms with van der Waals surface area (Å²) in [4.78, 5) is 41.0. The van der Waals surface area contributed by atoms with E-state index in [0.717, 1.165) is 12.7 Å². The second-order valence-corrected chi connectivity index (χ2v) is 17.1. The van der Waals surface area contributed by atoms with Crippen molar-refractivity contribution in [1.82, 2.24) is 0 Å². The Labute approximate surface area is 311 Å². The average Bonchev–Trinajstić information content (AvgIpc) is 3.47. The molecule has 9 rings (SSSR count). The number of methoxy groups -OCH3 is 1. The molecular weight excluding hydrogens is 704 g/mol. The molecule has 1 aromatic rings. The van der Waals surface area contributed by atoms with Crippen LogP contribution in [-0.4, -0.2) is 113 Å². The topological polar surface area (TPSA) is 189 Å². The van der Waals surface area contributed by atoms with Crippen molar-refractivity contribution >= 4 is 24.0 Å². The lowest BCUT2D eigenvalue weighted by Crippen LogP contribution is -2.78. The first-order valence-electron chi connectivity index (χ1n) is 18.4. The first kappa shape index (κ1) is 36.0. The van der Waals surface area contributed by atoms with Crippen molar-refractivity contribution in [3.8, 4) is 0 Å². The highest BCUT2D eigenvalue weighted by molar-refractivity contribution is 5.88. The maximum atomic E-state index is 14.0. The molecule has 0 amide bonds. The zero-order chi connectivity index (χ0) is 38.4. The minimum atomic E-state index is -2.70. The van der Waals surface area contributed by atoms with Crippen LogP contribution in [0.1, 0.15) is 46.1 Å². The molecule has 0 aromatic heterocycles. The lowest BCUT2D eigenvalue weighted by Gasteiger charge is -2.66. The van der Waals surface area contributed by atoms with E-state index < -0.39 is 111 Å². The number of fused-ring (bicyclic) bond motifs is 7. The minimum absolute atomic E-state index is 0.0114. The number of aliphatic hydroxyl groups excluding tert-OH is 1. The van der Waals surface area contributed by atoms with Crippen molar-refractivity contribution in [3.05, 3.63) is 66.5 Å². The van der Waals surface area contributed by atoms with Crippen molar-refractivity contribution < 1.29 is 67.6 Å². The third-order valence-electron chi connectivity index (χ3n) is 14.7. The summed E-state index contributed by atoms with van der Waals surface area (Å²) in [5.74, 6) is -7.98. The molecule has 8 aliphatic rings. The summed E-state index contributed by atoms with van der Waals surface area (Å²) >= 11 is 0. The van der Waals surface area contributed by atoms with Gasteiger partial charge in [0.2, 0.25) is 6.29 Å². The summed E-state index contributed by atoms with van der Waals surface area (Å²) in [6, 6.07) is 9.16. The molecule has 14 nitrogen and oxygen atoms in total. The highest BCUT2D eigenvalue weighted by Crippen LogP contribution is 2.83. The van der Waals surface area contributed by atoms with Crippen LogP contribution in [0.25, 0.3) is 6.08 Å². The molecule has 290 valence electrons. The molecule has 1 aromatic carbocycles. The monoisotopic (exact) mass is 750 g/mol. The molecule has 2 bridgehead atoms. The van der Waals surface area contributed by atoms with E-state index in [2.05, 4.69) is 6.58 Å². The van der Waals surface area contributed by atoms with Crippen molar-refractivity contribution in [3.63, 3.8) is 0 Å². The van der Waals surface area contributed by atoms with E-state index in [1.54, 1.807) is 19.1 Å². The van der Waals surface area contributed by atoms with Crippen molar-refractivity contribution in [2.75, 3.05) is 20.3 Å². The van der Waals surface area contributed by atoms with Crippen LogP contribution in [0.2, 0.25) is 0 Å². The van der Waals surface area contributed by atoms with Crippen molar-refractivity contribution in [2.45, 2.75) is 99.9 Å². The molecular formula is C40H46O14. The molecule has 14 heteroatoms. The molecule has 3 aliphatic carbocycles. The van der Waals surface area contributed by atoms with E-state index in [4.69, 9.17) is 37.9 Å². The van der Waals surface area contributed by atoms with Crippen LogP contribution in [-0.2, 0) is 52.3 Å². The SMILES string of the molecule is C=C(C)C(=O)O[C@@H]1C[C@H](OC(=O)C=Cc2ccccc2)[C@]23CO[C@](O)(C(=O)OC)[C@H]2[C@](C)([C@]24O[C@@]2(C)[C@H]2C[C@@H]4O[C@@H]4OC=C[C@@]42O)[C@H](O)[C@@H]2OC[C@@]1(C)[C@@H]23. The Morgan fingerprint density at radius 3 is 2.46 bits per heavy atom. The number of ether oxygens (including phenoxy) is 8. The predicted octanol–water partition coefficient (Wildman–Crippen LogP) is 1.95. The van der Waals surface area contributed by atoms with Gasteiger partial charge < -0.3 is 53.2 Å². The highest BCUT2D eigenvalue weighted by atomic mass is 16.7. The van der Waals surface area contributed by atoms with E-state index in [1.165, 1.54) is 19.3 Å². The van der Waals surface area contributed by atoms with Gasteiger partial charge in [-0.1, -0.05) is 50.8 Å². The first-order valence-corrected chi connectivity index (χ1v) is 18.4. The number of carbonyl (C=O) groups is 3. The summed E-state index contributed by atoms with van der Waals surface area (Å²) < 4.78 is 49.5. The van der Waals surface area contributed by atoms with Crippen molar-refractivity contribution in [1.29, 1.82) is 0 Å². The van der Waals surface area contributed by atoms with Crippen LogP contribution >= 0.6 is 0 Å². The van der Waals surface area contributed by atoms with Gasteiger partial charge in [0, 0.05) is 52.1 Å². The second-order valence-electron chi connectivity index (χ2n) is 17.1. The van der Waals surface area contributed by atoms with Crippen LogP contribution in [0.5, 0.6) is 0 Å². The van der Waals surface area contributed by atoms with Gasteiger partial charge >= 0.3 is 17.9 Å². The predicted molar refractivity (Wildman–Crippen MR) is 183 cm³/mol. The van der Waals surface area contributed by atoms with Crippen LogP contribution in [0.15, 0.2) is 60.9 Å². The van der Waals surface area contributed by atoms with E-state index in [1.807, 2.05) is 44.2 Å². The Hall–Kier alpha value is -3.63. The van der Waals surface area contributed by atoms with Gasteiger partial charge in [0.15, 0.2) is 5.60 Å². The standard InChI is InChI=1S/C40H46O14/c1-20(2)30(43)52-23-17-24(51-26(41)13-12-21-10-8-7-9-11-21)37-19-50-39(46,32(44)47-6)31(37)35(4,29(42)27-28(37)34(23,3)18-49-27)40-25-16-22(36(40,5)54-40)38(45)14-15-48-33(38)53-25/h7-15,22-25,27-29,31,33,42,45-46H,1,16-19H2,2-6H3/t22-,23-,24+,25+,27-,28-,29-,31+,33+,34-,35-,36+,37+,38+,39+,40+/m1/s1. The van der Waals surface area contributed by atoms with Gasteiger partial charge in [0.1, 0.15) is 23.4 Å². The molecule has 16 atom stereocenters. The van der Waals surface area contributed by atoms with Crippen molar-refractivity contribution in [2.24, 2.45) is 34.0 Å². The fraction of sp³-hybridized carbons (Fsp3) is 0.625. The Morgan fingerprint density at radius 1 is 1.02 bits per heavy atom. The molecule has 7 fully saturated rings. The quantitative estimate of drug-likeness (QED) is 0.159. The number of hydrogen-bond donors (Lipinski definition) is 3. The van der Waals surface area contributed by atoms with Gasteiger partial charge in [-0.05, 0) is 38.0 Å². The number of rotatable bonds is 7. The summed E-state index contributed by atoms with van der Waals surface area (Å²) in [5.41, 5.74) is -7.44. The fourth-order valence-corrected chi connectivity index (χ4v) is 12.6. The number of hydrogen-bond acceptors (Lipinski definition) is 14. The van der Waals surface area contributed by atoms with Gasteiger partial charge in [-0.15, -0.1) is 0 Å². The number of aliphatic hydroxyl groups is 3. The van der Waals surface area contributed by atoms with E-state index in [-0.39, 0.29) is 25.2 Å². The van der Waals surface area contributed by atoms with Crippen LogP contribution in [0.3, 0.4) is 0 Å². The van der Waals surface area contributed by atoms with E-state index in [0.29, 0.717) is 6.42 Å². The molecule has 4 saturated heterocycles. The molecule has 0 radical (unpaired) electrons. The largest absolute Gasteiger partial charge is 0.469 e. The molecule has 1 spiro atoms. The summed E-state index contributed by atoms with van der Waals surface area (Å²) in [7, 11) is 1.12. The summed E-state index contributed by atoms with van der Waals surface area (Å²) in [6.07, 6.45) is -0.343. The Balaban J connectivity index is 1.23. The lowest BCUT2D eigenvalue weighted by molar-refractivity contribution is -0.314. The van der Waals surface area contributed by atoms with Crippen LogP contribution in [0.4, 0.5) is 0 Å². The Kier molecular flexibility index (Phi) is 7.50. The Morgan fingerprint density at radius 2 is 1.76 bits per heavy atom. The van der Waals surface area contributed by atoms with E-state index in [9.17, 15) is 29.7 Å². The second kappa shape index (κ2) is 11.2. The average molecular weight is 751 g/mol. The highest BCUT2D eigenvalue weighted by Gasteiger charge is 2.96.